The molecule has 1 fully saturated rings. The van der Waals surface area contributed by atoms with Gasteiger partial charge in [-0.15, -0.1) is 0 Å². The Morgan fingerprint density at radius 1 is 1.50 bits per heavy atom. The molecule has 20 heavy (non-hydrogen) atoms. The lowest BCUT2D eigenvalue weighted by atomic mass is 9.91. The third-order valence-corrected chi connectivity index (χ3v) is 4.54. The molecule has 0 unspecified atom stereocenters. The molecule has 2 rings (SSSR count). The van der Waals surface area contributed by atoms with Crippen LogP contribution in [0.2, 0.25) is 0 Å². The van der Waals surface area contributed by atoms with E-state index in [2.05, 4.69) is 26.3 Å². The molecule has 1 saturated carbocycles. The molecule has 0 aliphatic heterocycles. The largest absolute Gasteiger partial charge is 0.395 e. The minimum absolute atomic E-state index is 0.168. The molecule has 0 aromatic heterocycles. The normalized spacial score (nSPS) is 15.2. The van der Waals surface area contributed by atoms with Crippen LogP contribution >= 0.6 is 15.9 Å². The van der Waals surface area contributed by atoms with Gasteiger partial charge in [-0.1, -0.05) is 28.4 Å². The van der Waals surface area contributed by atoms with Crippen LogP contribution in [-0.2, 0) is 6.54 Å². The van der Waals surface area contributed by atoms with Gasteiger partial charge in [0.05, 0.1) is 6.61 Å². The van der Waals surface area contributed by atoms with E-state index in [1.165, 1.54) is 19.3 Å². The van der Waals surface area contributed by atoms with Crippen LogP contribution in [0.5, 0.6) is 0 Å². The molecule has 0 heterocycles. The van der Waals surface area contributed by atoms with Gasteiger partial charge in [0.2, 0.25) is 0 Å². The van der Waals surface area contributed by atoms with Gasteiger partial charge in [-0.3, -0.25) is 15.1 Å². The quantitative estimate of drug-likeness (QED) is 0.415. The molecule has 110 valence electrons. The number of nitrogens with two attached hydrogens (primary N) is 1. The van der Waals surface area contributed by atoms with Crippen molar-refractivity contribution in [2.45, 2.75) is 31.8 Å². The summed E-state index contributed by atoms with van der Waals surface area (Å²) in [5.74, 6) is 4.82. The maximum atomic E-state index is 11.5. The zero-order valence-corrected chi connectivity index (χ0v) is 12.9. The van der Waals surface area contributed by atoms with Gasteiger partial charge in [-0.2, -0.15) is 0 Å². The van der Waals surface area contributed by atoms with Gasteiger partial charge in [0.25, 0.3) is 5.91 Å². The summed E-state index contributed by atoms with van der Waals surface area (Å²) < 4.78 is 0.890. The van der Waals surface area contributed by atoms with Crippen molar-refractivity contribution in [3.8, 4) is 0 Å². The molecule has 1 aliphatic carbocycles. The van der Waals surface area contributed by atoms with Crippen LogP contribution in [0.1, 0.15) is 35.2 Å². The molecule has 6 heteroatoms. The number of carbonyl (C=O) groups is 1. The maximum Gasteiger partial charge on any atom is 0.265 e. The Kier molecular flexibility index (Phi) is 5.54. The monoisotopic (exact) mass is 341 g/mol. The molecule has 0 atom stereocenters. The summed E-state index contributed by atoms with van der Waals surface area (Å²) in [4.78, 5) is 13.8. The minimum atomic E-state index is -0.302. The average Bonchev–Trinajstić information content (AvgIpc) is 2.38. The highest BCUT2D eigenvalue weighted by atomic mass is 79.9. The number of carbonyl (C=O) groups excluding carboxylic acids is 1. The Morgan fingerprint density at radius 3 is 2.75 bits per heavy atom. The molecular weight excluding hydrogens is 322 g/mol. The Hall–Kier alpha value is -0.950. The highest BCUT2D eigenvalue weighted by molar-refractivity contribution is 9.10. The van der Waals surface area contributed by atoms with E-state index >= 15 is 0 Å². The van der Waals surface area contributed by atoms with Gasteiger partial charge in [0, 0.05) is 29.2 Å². The Balaban J connectivity index is 2.09. The second-order valence-corrected chi connectivity index (χ2v) is 5.91. The predicted molar refractivity (Wildman–Crippen MR) is 80.9 cm³/mol. The first-order chi connectivity index (χ1) is 9.65. The molecule has 0 spiro atoms. The molecule has 1 amide bonds. The molecular formula is C14H20BrN3O2. The van der Waals surface area contributed by atoms with E-state index in [4.69, 9.17) is 5.84 Å². The number of rotatable bonds is 6. The van der Waals surface area contributed by atoms with Gasteiger partial charge >= 0.3 is 0 Å². The summed E-state index contributed by atoms with van der Waals surface area (Å²) in [5, 5.41) is 9.18. The third-order valence-electron chi connectivity index (χ3n) is 3.80. The minimum Gasteiger partial charge on any atom is -0.395 e. The summed E-state index contributed by atoms with van der Waals surface area (Å²) in [6.45, 7) is 1.63. The number of benzene rings is 1. The van der Waals surface area contributed by atoms with Crippen LogP contribution in [0, 0.1) is 0 Å². The molecule has 1 aromatic rings. The zero-order valence-electron chi connectivity index (χ0n) is 11.3. The summed E-state index contributed by atoms with van der Waals surface area (Å²) in [5.41, 5.74) is 3.76. The zero-order chi connectivity index (χ0) is 14.5. The predicted octanol–water partition coefficient (Wildman–Crippen LogP) is 1.40. The molecule has 1 aromatic carbocycles. The lowest BCUT2D eigenvalue weighted by Gasteiger charge is -2.37. The van der Waals surface area contributed by atoms with Crippen molar-refractivity contribution in [1.82, 2.24) is 10.3 Å². The van der Waals surface area contributed by atoms with E-state index in [0.717, 1.165) is 16.6 Å². The van der Waals surface area contributed by atoms with Crippen molar-refractivity contribution in [1.29, 1.82) is 0 Å². The van der Waals surface area contributed by atoms with Crippen molar-refractivity contribution in [2.24, 2.45) is 5.84 Å². The van der Waals surface area contributed by atoms with Gasteiger partial charge in [-0.25, -0.2) is 5.84 Å². The third kappa shape index (κ3) is 3.58. The highest BCUT2D eigenvalue weighted by Gasteiger charge is 2.25. The van der Waals surface area contributed by atoms with Crippen molar-refractivity contribution in [2.75, 3.05) is 13.2 Å². The fourth-order valence-electron chi connectivity index (χ4n) is 2.39. The van der Waals surface area contributed by atoms with Crippen molar-refractivity contribution in [3.63, 3.8) is 0 Å². The van der Waals surface area contributed by atoms with Crippen LogP contribution in [0.3, 0.4) is 0 Å². The standard InChI is InChI=1S/C14H20BrN3O2/c15-13-8-10(14(20)17-16)4-5-11(13)9-18(6-7-19)12-2-1-3-12/h4-5,8,12,19H,1-3,6-7,9,16H2,(H,17,20). The summed E-state index contributed by atoms with van der Waals surface area (Å²) >= 11 is 3.50. The fraction of sp³-hybridized carbons (Fsp3) is 0.500. The fourth-order valence-corrected chi connectivity index (χ4v) is 2.89. The van der Waals surface area contributed by atoms with Crippen molar-refractivity contribution < 1.29 is 9.90 Å². The number of aliphatic hydroxyl groups is 1. The topological polar surface area (TPSA) is 78.6 Å². The molecule has 0 radical (unpaired) electrons. The van der Waals surface area contributed by atoms with E-state index < -0.39 is 0 Å². The second-order valence-electron chi connectivity index (χ2n) is 5.06. The number of hydrogen-bond donors (Lipinski definition) is 3. The first-order valence-corrected chi connectivity index (χ1v) is 7.59. The Morgan fingerprint density at radius 2 is 2.25 bits per heavy atom. The van der Waals surface area contributed by atoms with E-state index in [9.17, 15) is 9.90 Å². The number of nitrogen functional groups attached to an aromatic ring is 1. The van der Waals surface area contributed by atoms with Crippen LogP contribution in [-0.4, -0.2) is 35.1 Å². The number of halogens is 1. The van der Waals surface area contributed by atoms with Crippen LogP contribution < -0.4 is 11.3 Å². The maximum absolute atomic E-state index is 11.5. The van der Waals surface area contributed by atoms with Crippen LogP contribution in [0.4, 0.5) is 0 Å². The van der Waals surface area contributed by atoms with Gasteiger partial charge < -0.3 is 5.11 Å². The van der Waals surface area contributed by atoms with E-state index in [0.29, 0.717) is 18.2 Å². The van der Waals surface area contributed by atoms with E-state index in [-0.39, 0.29) is 12.5 Å². The van der Waals surface area contributed by atoms with E-state index in [1.54, 1.807) is 12.1 Å². The molecule has 0 bridgehead atoms. The molecule has 4 N–H and O–H groups in total. The Labute approximate surface area is 127 Å². The van der Waals surface area contributed by atoms with Gasteiger partial charge in [0.15, 0.2) is 0 Å². The van der Waals surface area contributed by atoms with Crippen LogP contribution in [0.25, 0.3) is 0 Å². The number of aliphatic hydroxyl groups excluding tert-OH is 1. The van der Waals surface area contributed by atoms with Gasteiger partial charge in [0.1, 0.15) is 0 Å². The lowest BCUT2D eigenvalue weighted by Crippen LogP contribution is -2.41. The second kappa shape index (κ2) is 7.17. The summed E-state index contributed by atoms with van der Waals surface area (Å²) in [6, 6.07) is 6.04. The first-order valence-electron chi connectivity index (χ1n) is 6.80. The van der Waals surface area contributed by atoms with Crippen LogP contribution in [0.15, 0.2) is 22.7 Å². The summed E-state index contributed by atoms with van der Waals surface area (Å²) in [7, 11) is 0. The number of nitrogens with one attached hydrogen (secondary N) is 1. The van der Waals surface area contributed by atoms with Gasteiger partial charge in [-0.05, 0) is 30.5 Å². The number of hydrogen-bond acceptors (Lipinski definition) is 4. The Bertz CT molecular complexity index is 477. The summed E-state index contributed by atoms with van der Waals surface area (Å²) in [6.07, 6.45) is 3.67. The molecule has 0 saturated heterocycles. The lowest BCUT2D eigenvalue weighted by molar-refractivity contribution is 0.0941. The molecule has 5 nitrogen and oxygen atoms in total. The highest BCUT2D eigenvalue weighted by Crippen LogP contribution is 2.28. The SMILES string of the molecule is NNC(=O)c1ccc(CN(CCO)C2CCC2)c(Br)c1. The number of amides is 1. The van der Waals surface area contributed by atoms with Crippen molar-refractivity contribution in [3.05, 3.63) is 33.8 Å². The van der Waals surface area contributed by atoms with Crippen molar-refractivity contribution >= 4 is 21.8 Å². The average molecular weight is 342 g/mol. The molecule has 1 aliphatic rings. The number of nitrogens with zero attached hydrogens (tertiary/aromatic N) is 1. The number of hydrazine groups is 1. The first kappa shape index (κ1) is 15.4. The van der Waals surface area contributed by atoms with E-state index in [1.807, 2.05) is 6.07 Å². The smallest absolute Gasteiger partial charge is 0.265 e.